The van der Waals surface area contributed by atoms with Crippen LogP contribution < -0.4 is 9.47 Å². The van der Waals surface area contributed by atoms with E-state index in [0.717, 1.165) is 0 Å². The minimum atomic E-state index is -0.884. The van der Waals surface area contributed by atoms with Crippen molar-refractivity contribution in [2.24, 2.45) is 0 Å². The summed E-state index contributed by atoms with van der Waals surface area (Å²) in [6, 6.07) is 22.2. The third-order valence-corrected chi connectivity index (χ3v) is 5.34. The molecule has 0 aliphatic heterocycles. The Labute approximate surface area is 206 Å². The van der Waals surface area contributed by atoms with Crippen LogP contribution in [0.3, 0.4) is 0 Å². The smallest absolute Gasteiger partial charge is 0.345 e. The van der Waals surface area contributed by atoms with Crippen LogP contribution in [0.5, 0.6) is 11.5 Å². The van der Waals surface area contributed by atoms with Crippen LogP contribution in [0.2, 0.25) is 0 Å². The Balaban J connectivity index is 1.77. The first-order valence-electron chi connectivity index (χ1n) is 10.8. The second-order valence-electron chi connectivity index (χ2n) is 7.46. The van der Waals surface area contributed by atoms with Crippen LogP contribution in [0.1, 0.15) is 41.4 Å². The van der Waals surface area contributed by atoms with Crippen LogP contribution in [0.15, 0.2) is 84.9 Å². The van der Waals surface area contributed by atoms with Crippen LogP contribution in [0, 0.1) is 0 Å². The van der Waals surface area contributed by atoms with Gasteiger partial charge in [0.2, 0.25) is 0 Å². The van der Waals surface area contributed by atoms with Gasteiger partial charge in [0.05, 0.1) is 25.3 Å². The molecule has 0 heterocycles. The van der Waals surface area contributed by atoms with Crippen molar-refractivity contribution in [2.45, 2.75) is 0 Å². The molecule has 36 heavy (non-hydrogen) atoms. The highest BCUT2D eigenvalue weighted by Gasteiger charge is 2.26. The molecule has 4 rings (SSSR count). The summed E-state index contributed by atoms with van der Waals surface area (Å²) in [5, 5.41) is 1.12. The van der Waals surface area contributed by atoms with Crippen molar-refractivity contribution in [3.63, 3.8) is 0 Å². The fraction of sp³-hybridized carbons (Fsp3) is 0.0714. The summed E-state index contributed by atoms with van der Waals surface area (Å²) in [4.78, 5) is 50.9. The summed E-state index contributed by atoms with van der Waals surface area (Å²) >= 11 is 0. The van der Waals surface area contributed by atoms with E-state index in [1.54, 1.807) is 54.6 Å². The molecule has 0 spiro atoms. The van der Waals surface area contributed by atoms with E-state index in [9.17, 15) is 19.2 Å². The molecule has 0 bridgehead atoms. The maximum Gasteiger partial charge on any atom is 0.345 e. The summed E-state index contributed by atoms with van der Waals surface area (Å²) in [5.41, 5.74) is -0.0581. The third kappa shape index (κ3) is 4.78. The molecule has 0 saturated heterocycles. The number of benzene rings is 4. The fourth-order valence-electron chi connectivity index (χ4n) is 3.64. The van der Waals surface area contributed by atoms with Gasteiger partial charge in [-0.15, -0.1) is 0 Å². The van der Waals surface area contributed by atoms with Gasteiger partial charge in [-0.05, 0) is 41.1 Å². The first-order valence-corrected chi connectivity index (χ1v) is 10.8. The highest BCUT2D eigenvalue weighted by molar-refractivity contribution is 6.14. The number of rotatable bonds is 6. The number of para-hydroxylation sites is 2. The van der Waals surface area contributed by atoms with E-state index in [-0.39, 0.29) is 33.8 Å². The minimum absolute atomic E-state index is 0.0298. The largest absolute Gasteiger partial charge is 0.465 e. The molecule has 0 aliphatic rings. The van der Waals surface area contributed by atoms with Crippen molar-refractivity contribution in [1.29, 1.82) is 0 Å². The molecule has 4 aromatic carbocycles. The highest BCUT2D eigenvalue weighted by atomic mass is 16.6. The molecule has 0 atom stereocenters. The molecule has 0 fully saturated rings. The van der Waals surface area contributed by atoms with Gasteiger partial charge in [0.15, 0.2) is 0 Å². The van der Waals surface area contributed by atoms with Gasteiger partial charge in [-0.1, -0.05) is 54.6 Å². The molecule has 4 aromatic rings. The van der Waals surface area contributed by atoms with Crippen LogP contribution in [-0.4, -0.2) is 38.1 Å². The lowest BCUT2D eigenvalue weighted by molar-refractivity contribution is 0.0577. The van der Waals surface area contributed by atoms with Crippen LogP contribution in [0.4, 0.5) is 0 Å². The average Bonchev–Trinajstić information content (AvgIpc) is 2.92. The van der Waals surface area contributed by atoms with Crippen molar-refractivity contribution in [3.8, 4) is 11.5 Å². The Kier molecular flexibility index (Phi) is 7.06. The summed E-state index contributed by atoms with van der Waals surface area (Å²) < 4.78 is 20.6. The van der Waals surface area contributed by atoms with Crippen molar-refractivity contribution < 1.29 is 38.1 Å². The highest BCUT2D eigenvalue weighted by Crippen LogP contribution is 2.28. The fourth-order valence-corrected chi connectivity index (χ4v) is 3.64. The minimum Gasteiger partial charge on any atom is -0.465 e. The number of carbonyl (C=O) groups excluding carboxylic acids is 4. The molecule has 0 unspecified atom stereocenters. The van der Waals surface area contributed by atoms with Gasteiger partial charge in [0, 0.05) is 0 Å². The van der Waals surface area contributed by atoms with E-state index in [0.29, 0.717) is 10.8 Å². The molecule has 8 nitrogen and oxygen atoms in total. The number of fused-ring (bicyclic) bond motifs is 1. The van der Waals surface area contributed by atoms with Gasteiger partial charge in [0.25, 0.3) is 0 Å². The Bertz CT molecular complexity index is 1490. The zero-order valence-electron chi connectivity index (χ0n) is 19.3. The Morgan fingerprint density at radius 2 is 1.00 bits per heavy atom. The summed E-state index contributed by atoms with van der Waals surface area (Å²) in [5.74, 6) is -3.19. The van der Waals surface area contributed by atoms with Crippen LogP contribution in [0.25, 0.3) is 10.8 Å². The quantitative estimate of drug-likeness (QED) is 0.283. The summed E-state index contributed by atoms with van der Waals surface area (Å²) in [6.45, 7) is 0. The average molecular weight is 484 g/mol. The number of esters is 4. The topological polar surface area (TPSA) is 105 Å². The molecule has 0 saturated carbocycles. The lowest BCUT2D eigenvalue weighted by Crippen LogP contribution is -2.20. The van der Waals surface area contributed by atoms with E-state index in [2.05, 4.69) is 0 Å². The SMILES string of the molecule is COC(=O)c1ccccc1OC(=O)c1ccc2ccccc2c1C(=O)Oc1ccccc1C(=O)OC. The molecule has 8 heteroatoms. The monoisotopic (exact) mass is 484 g/mol. The number of ether oxygens (including phenoxy) is 4. The molecule has 180 valence electrons. The lowest BCUT2D eigenvalue weighted by Gasteiger charge is -2.14. The number of methoxy groups -OCH3 is 2. The molecule has 0 aliphatic carbocycles. The van der Waals surface area contributed by atoms with E-state index < -0.39 is 23.9 Å². The predicted molar refractivity (Wildman–Crippen MR) is 129 cm³/mol. The van der Waals surface area contributed by atoms with Crippen molar-refractivity contribution in [3.05, 3.63) is 107 Å². The van der Waals surface area contributed by atoms with E-state index in [4.69, 9.17) is 18.9 Å². The van der Waals surface area contributed by atoms with Gasteiger partial charge in [-0.2, -0.15) is 0 Å². The maximum absolute atomic E-state index is 13.4. The van der Waals surface area contributed by atoms with E-state index >= 15 is 0 Å². The zero-order chi connectivity index (χ0) is 25.7. The maximum atomic E-state index is 13.4. The first-order chi connectivity index (χ1) is 17.4. The molecule has 0 amide bonds. The van der Waals surface area contributed by atoms with Crippen molar-refractivity contribution in [1.82, 2.24) is 0 Å². The number of carbonyl (C=O) groups is 4. The second-order valence-corrected chi connectivity index (χ2v) is 7.46. The van der Waals surface area contributed by atoms with Gasteiger partial charge in [0.1, 0.15) is 22.6 Å². The van der Waals surface area contributed by atoms with Gasteiger partial charge < -0.3 is 18.9 Å². The Morgan fingerprint density at radius 3 is 1.58 bits per heavy atom. The normalized spacial score (nSPS) is 10.4. The predicted octanol–water partition coefficient (Wildman–Crippen LogP) is 4.85. The van der Waals surface area contributed by atoms with Crippen LogP contribution in [-0.2, 0) is 9.47 Å². The number of hydrogen-bond donors (Lipinski definition) is 0. The van der Waals surface area contributed by atoms with E-state index in [1.165, 1.54) is 44.6 Å². The molecular weight excluding hydrogens is 464 g/mol. The van der Waals surface area contributed by atoms with Crippen molar-refractivity contribution >= 4 is 34.6 Å². The van der Waals surface area contributed by atoms with Crippen molar-refractivity contribution in [2.75, 3.05) is 14.2 Å². The zero-order valence-corrected chi connectivity index (χ0v) is 19.3. The van der Waals surface area contributed by atoms with Gasteiger partial charge >= 0.3 is 23.9 Å². The second kappa shape index (κ2) is 10.5. The molecule has 0 aromatic heterocycles. The van der Waals surface area contributed by atoms with Crippen LogP contribution >= 0.6 is 0 Å². The van der Waals surface area contributed by atoms with E-state index in [1.807, 2.05) is 0 Å². The Morgan fingerprint density at radius 1 is 0.500 bits per heavy atom. The molecule has 0 radical (unpaired) electrons. The summed E-state index contributed by atoms with van der Waals surface area (Å²) in [7, 11) is 2.43. The first kappa shape index (κ1) is 24.2. The molecule has 0 N–H and O–H groups in total. The lowest BCUT2D eigenvalue weighted by atomic mass is 9.98. The summed E-state index contributed by atoms with van der Waals surface area (Å²) in [6.07, 6.45) is 0. The standard InChI is InChI=1S/C28H20O8/c1-33-25(29)19-11-5-7-13-22(19)35-27(31)21-16-15-17-9-3-4-10-18(17)24(21)28(32)36-23-14-8-6-12-20(23)26(30)34-2/h3-16H,1-2H3. The van der Waals surface area contributed by atoms with Gasteiger partial charge in [-0.25, -0.2) is 19.2 Å². The van der Waals surface area contributed by atoms with Gasteiger partial charge in [-0.3, -0.25) is 0 Å². The number of hydrogen-bond acceptors (Lipinski definition) is 8. The Hall–Kier alpha value is -4.98. The third-order valence-electron chi connectivity index (χ3n) is 5.34. The molecular formula is C28H20O8.